The molecule has 1 aliphatic rings. The highest BCUT2D eigenvalue weighted by molar-refractivity contribution is 6.49. The number of ketones is 2. The van der Waals surface area contributed by atoms with Crippen LogP contribution in [0.25, 0.3) is 0 Å². The van der Waals surface area contributed by atoms with Crippen LogP contribution in [0.2, 0.25) is 0 Å². The average Bonchev–Trinajstić information content (AvgIpc) is 2.54. The van der Waals surface area contributed by atoms with E-state index < -0.39 is 0 Å². The summed E-state index contributed by atoms with van der Waals surface area (Å²) in [6, 6.07) is 14.9. The summed E-state index contributed by atoms with van der Waals surface area (Å²) in [5, 5.41) is -0.0461. The lowest BCUT2D eigenvalue weighted by Crippen LogP contribution is -2.14. The first-order valence-corrected chi connectivity index (χ1v) is 7.30. The Kier molecular flexibility index (Phi) is 4.07. The average molecular weight is 313 g/mol. The van der Waals surface area contributed by atoms with Crippen LogP contribution in [0, 0.1) is 0 Å². The number of carbonyl (C=O) groups is 2. The molecule has 0 spiro atoms. The quantitative estimate of drug-likeness (QED) is 0.862. The molecule has 0 bridgehead atoms. The second kappa shape index (κ2) is 6.16. The molecule has 0 aromatic heterocycles. The van der Waals surface area contributed by atoms with E-state index in [0.717, 1.165) is 12.5 Å². The molecule has 0 saturated carbocycles. The zero-order valence-electron chi connectivity index (χ0n) is 11.7. The lowest BCUT2D eigenvalue weighted by Gasteiger charge is -2.13. The van der Waals surface area contributed by atoms with Crippen LogP contribution in [-0.4, -0.2) is 18.2 Å². The lowest BCUT2D eigenvalue weighted by molar-refractivity contribution is 0.0990. The van der Waals surface area contributed by atoms with Gasteiger partial charge in [-0.3, -0.25) is 9.59 Å². The van der Waals surface area contributed by atoms with E-state index in [0.29, 0.717) is 23.5 Å². The van der Waals surface area contributed by atoms with E-state index in [2.05, 4.69) is 0 Å². The number of ether oxygens (including phenoxy) is 1. The van der Waals surface area contributed by atoms with Crippen molar-refractivity contribution in [1.29, 1.82) is 0 Å². The lowest BCUT2D eigenvalue weighted by atomic mass is 9.94. The van der Waals surface area contributed by atoms with E-state index in [1.165, 1.54) is 5.56 Å². The van der Waals surface area contributed by atoms with Gasteiger partial charge in [0.2, 0.25) is 5.78 Å². The van der Waals surface area contributed by atoms with Crippen molar-refractivity contribution < 1.29 is 14.3 Å². The second-order valence-corrected chi connectivity index (χ2v) is 5.38. The number of halogens is 1. The van der Waals surface area contributed by atoms with Gasteiger partial charge in [0.25, 0.3) is 0 Å². The highest BCUT2D eigenvalue weighted by Gasteiger charge is 2.24. The molecule has 0 saturated heterocycles. The fraction of sp³-hybridized carbons (Fsp3) is 0.111. The fourth-order valence-corrected chi connectivity index (χ4v) is 2.53. The summed E-state index contributed by atoms with van der Waals surface area (Å²) < 4.78 is 5.67. The van der Waals surface area contributed by atoms with Crippen molar-refractivity contribution in [1.82, 2.24) is 0 Å². The molecule has 3 nitrogen and oxygen atoms in total. The molecule has 2 aromatic rings. The number of rotatable bonds is 4. The Hall–Kier alpha value is -2.39. The molecule has 0 N–H and O–H groups in total. The maximum absolute atomic E-state index is 11.9. The minimum atomic E-state index is -0.327. The van der Waals surface area contributed by atoms with Crippen LogP contribution in [0.3, 0.4) is 0 Å². The van der Waals surface area contributed by atoms with Crippen molar-refractivity contribution in [2.24, 2.45) is 0 Å². The third kappa shape index (κ3) is 2.95. The number of fused-ring (bicyclic) bond motifs is 1. The molecular formula is C18H13ClO3. The molecule has 0 aliphatic heterocycles. The Morgan fingerprint density at radius 3 is 2.50 bits per heavy atom. The third-order valence-corrected chi connectivity index (χ3v) is 3.76. The highest BCUT2D eigenvalue weighted by atomic mass is 35.5. The van der Waals surface area contributed by atoms with E-state index in [9.17, 15) is 9.59 Å². The predicted molar refractivity (Wildman–Crippen MR) is 84.7 cm³/mol. The Morgan fingerprint density at radius 1 is 0.955 bits per heavy atom. The molecular weight excluding hydrogens is 300 g/mol. The van der Waals surface area contributed by atoms with Gasteiger partial charge in [-0.25, -0.2) is 0 Å². The van der Waals surface area contributed by atoms with Gasteiger partial charge in [-0.1, -0.05) is 41.9 Å². The molecule has 2 aromatic carbocycles. The fourth-order valence-electron chi connectivity index (χ4n) is 2.33. The van der Waals surface area contributed by atoms with Crippen LogP contribution in [0.15, 0.2) is 59.6 Å². The zero-order valence-corrected chi connectivity index (χ0v) is 12.5. The molecule has 22 heavy (non-hydrogen) atoms. The molecule has 0 heterocycles. The van der Waals surface area contributed by atoms with Gasteiger partial charge in [0, 0.05) is 23.6 Å². The van der Waals surface area contributed by atoms with Gasteiger partial charge >= 0.3 is 0 Å². The first-order valence-electron chi connectivity index (χ1n) is 6.92. The number of benzene rings is 2. The SMILES string of the molecule is O=C1C=C(Cl)C(=O)c2ccc(OCCc3ccccc3)cc21. The Balaban J connectivity index is 1.71. The molecule has 0 amide bonds. The van der Waals surface area contributed by atoms with Gasteiger partial charge in [-0.05, 0) is 23.8 Å². The Bertz CT molecular complexity index is 763. The largest absolute Gasteiger partial charge is 0.493 e. The number of carbonyl (C=O) groups excluding carboxylic acids is 2. The summed E-state index contributed by atoms with van der Waals surface area (Å²) in [4.78, 5) is 23.8. The van der Waals surface area contributed by atoms with E-state index in [4.69, 9.17) is 16.3 Å². The third-order valence-electron chi connectivity index (χ3n) is 3.48. The topological polar surface area (TPSA) is 43.4 Å². The van der Waals surface area contributed by atoms with Crippen molar-refractivity contribution in [3.8, 4) is 5.75 Å². The molecule has 3 rings (SSSR count). The standard InChI is InChI=1S/C18H13ClO3/c19-16-11-17(20)15-10-13(6-7-14(15)18(16)21)22-9-8-12-4-2-1-3-5-12/h1-7,10-11H,8-9H2. The molecule has 0 radical (unpaired) electrons. The summed E-state index contributed by atoms with van der Waals surface area (Å²) in [6.07, 6.45) is 1.93. The Labute approximate surface area is 133 Å². The maximum Gasteiger partial charge on any atom is 0.205 e. The van der Waals surface area contributed by atoms with Crippen LogP contribution >= 0.6 is 11.6 Å². The normalized spacial score (nSPS) is 13.6. The summed E-state index contributed by atoms with van der Waals surface area (Å²) in [5.74, 6) is -0.0255. The van der Waals surface area contributed by atoms with Gasteiger partial charge in [0.15, 0.2) is 5.78 Å². The smallest absolute Gasteiger partial charge is 0.205 e. The number of Topliss-reactive ketones (excluding diaryl/α,β-unsaturated/α-hetero) is 1. The van der Waals surface area contributed by atoms with Crippen molar-refractivity contribution in [3.05, 3.63) is 76.3 Å². The van der Waals surface area contributed by atoms with Crippen LogP contribution in [0.1, 0.15) is 26.3 Å². The summed E-state index contributed by atoms with van der Waals surface area (Å²) in [5.41, 5.74) is 1.85. The molecule has 1 aliphatic carbocycles. The van der Waals surface area contributed by atoms with E-state index in [-0.39, 0.29) is 16.6 Å². The molecule has 110 valence electrons. The van der Waals surface area contributed by atoms with Crippen LogP contribution in [0.4, 0.5) is 0 Å². The summed E-state index contributed by atoms with van der Waals surface area (Å²) >= 11 is 5.74. The van der Waals surface area contributed by atoms with Gasteiger partial charge in [0.05, 0.1) is 11.6 Å². The van der Waals surface area contributed by atoms with E-state index in [1.807, 2.05) is 30.3 Å². The predicted octanol–water partition coefficient (Wildman–Crippen LogP) is 3.81. The minimum Gasteiger partial charge on any atom is -0.493 e. The van der Waals surface area contributed by atoms with Gasteiger partial charge < -0.3 is 4.74 Å². The van der Waals surface area contributed by atoms with Gasteiger partial charge in [-0.15, -0.1) is 0 Å². The number of hydrogen-bond donors (Lipinski definition) is 0. The zero-order chi connectivity index (χ0) is 15.5. The molecule has 0 unspecified atom stereocenters. The number of hydrogen-bond acceptors (Lipinski definition) is 3. The van der Waals surface area contributed by atoms with Crippen molar-refractivity contribution >= 4 is 23.2 Å². The van der Waals surface area contributed by atoms with Crippen molar-refractivity contribution in [3.63, 3.8) is 0 Å². The number of allylic oxidation sites excluding steroid dienone is 2. The van der Waals surface area contributed by atoms with E-state index in [1.54, 1.807) is 18.2 Å². The maximum atomic E-state index is 11.9. The van der Waals surface area contributed by atoms with Crippen molar-refractivity contribution in [2.45, 2.75) is 6.42 Å². The molecule has 0 fully saturated rings. The summed E-state index contributed by atoms with van der Waals surface area (Å²) in [6.45, 7) is 0.502. The minimum absolute atomic E-state index is 0.0461. The highest BCUT2D eigenvalue weighted by Crippen LogP contribution is 2.26. The first kappa shape index (κ1) is 14.5. The van der Waals surface area contributed by atoms with Crippen LogP contribution in [0.5, 0.6) is 5.75 Å². The molecule has 0 atom stereocenters. The van der Waals surface area contributed by atoms with Gasteiger partial charge in [0.1, 0.15) is 5.75 Å². The van der Waals surface area contributed by atoms with Gasteiger partial charge in [-0.2, -0.15) is 0 Å². The molecule has 4 heteroatoms. The monoisotopic (exact) mass is 312 g/mol. The second-order valence-electron chi connectivity index (χ2n) is 4.98. The first-order chi connectivity index (χ1) is 10.6. The summed E-state index contributed by atoms with van der Waals surface area (Å²) in [7, 11) is 0. The van der Waals surface area contributed by atoms with Crippen LogP contribution in [-0.2, 0) is 6.42 Å². The Morgan fingerprint density at radius 2 is 1.73 bits per heavy atom. The van der Waals surface area contributed by atoms with E-state index >= 15 is 0 Å². The van der Waals surface area contributed by atoms with Crippen molar-refractivity contribution in [2.75, 3.05) is 6.61 Å². The van der Waals surface area contributed by atoms with Crippen LogP contribution < -0.4 is 4.74 Å².